The van der Waals surface area contributed by atoms with Gasteiger partial charge in [-0.15, -0.1) is 0 Å². The van der Waals surface area contributed by atoms with Gasteiger partial charge in [0.2, 0.25) is 0 Å². The Bertz CT molecular complexity index is 320. The van der Waals surface area contributed by atoms with Crippen molar-refractivity contribution in [2.75, 3.05) is 0 Å². The first kappa shape index (κ1) is 12.0. The van der Waals surface area contributed by atoms with Gasteiger partial charge in [-0.3, -0.25) is 4.98 Å². The molecule has 0 atom stereocenters. The Morgan fingerprint density at radius 2 is 2.13 bits per heavy atom. The molecule has 0 N–H and O–H groups in total. The standard InChI is InChI=1S/C14H21N/c1-11(2)5-6-12(3)9-14-8-7-13(4)10-15-14/h6-8,10-11H,5,9H2,1-4H3. The maximum atomic E-state index is 4.40. The van der Waals surface area contributed by atoms with Gasteiger partial charge in [0.25, 0.3) is 0 Å². The molecule has 0 fully saturated rings. The van der Waals surface area contributed by atoms with Crippen LogP contribution in [0.5, 0.6) is 0 Å². The summed E-state index contributed by atoms with van der Waals surface area (Å²) in [5, 5.41) is 0. The average Bonchev–Trinajstić information content (AvgIpc) is 2.19. The smallest absolute Gasteiger partial charge is 0.0444 e. The molecule has 0 aliphatic carbocycles. The molecule has 1 nitrogen and oxygen atoms in total. The highest BCUT2D eigenvalue weighted by atomic mass is 14.7. The van der Waals surface area contributed by atoms with Crippen molar-refractivity contribution < 1.29 is 0 Å². The number of hydrogen-bond donors (Lipinski definition) is 0. The summed E-state index contributed by atoms with van der Waals surface area (Å²) in [6.07, 6.45) is 6.40. The fraction of sp³-hybridized carbons (Fsp3) is 0.500. The number of hydrogen-bond acceptors (Lipinski definition) is 1. The van der Waals surface area contributed by atoms with E-state index in [0.29, 0.717) is 0 Å². The lowest BCUT2D eigenvalue weighted by molar-refractivity contribution is 0.660. The fourth-order valence-corrected chi connectivity index (χ4v) is 1.40. The molecule has 15 heavy (non-hydrogen) atoms. The third-order valence-electron chi connectivity index (χ3n) is 2.37. The van der Waals surface area contributed by atoms with Crippen molar-refractivity contribution in [3.8, 4) is 0 Å². The summed E-state index contributed by atoms with van der Waals surface area (Å²) in [5.41, 5.74) is 3.81. The fourth-order valence-electron chi connectivity index (χ4n) is 1.40. The van der Waals surface area contributed by atoms with Gasteiger partial charge in [-0.1, -0.05) is 31.6 Å². The summed E-state index contributed by atoms with van der Waals surface area (Å²) in [4.78, 5) is 4.40. The van der Waals surface area contributed by atoms with Crippen molar-refractivity contribution in [2.45, 2.75) is 40.5 Å². The van der Waals surface area contributed by atoms with Gasteiger partial charge in [-0.25, -0.2) is 0 Å². The molecule has 1 rings (SSSR count). The number of pyridine rings is 1. The summed E-state index contributed by atoms with van der Waals surface area (Å²) >= 11 is 0. The lowest BCUT2D eigenvalue weighted by atomic mass is 10.1. The van der Waals surface area contributed by atoms with E-state index in [9.17, 15) is 0 Å². The van der Waals surface area contributed by atoms with Crippen molar-refractivity contribution in [3.05, 3.63) is 41.2 Å². The van der Waals surface area contributed by atoms with E-state index in [0.717, 1.165) is 24.5 Å². The van der Waals surface area contributed by atoms with Gasteiger partial charge in [0.15, 0.2) is 0 Å². The molecule has 0 amide bonds. The van der Waals surface area contributed by atoms with Gasteiger partial charge in [0.1, 0.15) is 0 Å². The molecule has 0 spiro atoms. The van der Waals surface area contributed by atoms with Crippen LogP contribution in [0.3, 0.4) is 0 Å². The zero-order valence-electron chi connectivity index (χ0n) is 10.2. The second-order valence-corrected chi connectivity index (χ2v) is 4.68. The monoisotopic (exact) mass is 203 g/mol. The molecule has 0 saturated heterocycles. The quantitative estimate of drug-likeness (QED) is 0.676. The summed E-state index contributed by atoms with van der Waals surface area (Å²) in [6, 6.07) is 4.24. The van der Waals surface area contributed by atoms with Crippen molar-refractivity contribution in [1.82, 2.24) is 4.98 Å². The molecule has 0 saturated carbocycles. The van der Waals surface area contributed by atoms with Gasteiger partial charge in [0.05, 0.1) is 0 Å². The summed E-state index contributed by atoms with van der Waals surface area (Å²) < 4.78 is 0. The Hall–Kier alpha value is -1.11. The Kier molecular flexibility index (Phi) is 4.54. The summed E-state index contributed by atoms with van der Waals surface area (Å²) in [5.74, 6) is 0.742. The topological polar surface area (TPSA) is 12.9 Å². The van der Waals surface area contributed by atoms with Crippen LogP contribution >= 0.6 is 0 Å². The van der Waals surface area contributed by atoms with E-state index in [1.165, 1.54) is 11.1 Å². The van der Waals surface area contributed by atoms with Crippen LogP contribution in [0, 0.1) is 12.8 Å². The second-order valence-electron chi connectivity index (χ2n) is 4.68. The molecular weight excluding hydrogens is 182 g/mol. The van der Waals surface area contributed by atoms with Gasteiger partial charge >= 0.3 is 0 Å². The van der Waals surface area contributed by atoms with Gasteiger partial charge in [-0.05, 0) is 37.8 Å². The maximum Gasteiger partial charge on any atom is 0.0444 e. The van der Waals surface area contributed by atoms with Crippen molar-refractivity contribution in [3.63, 3.8) is 0 Å². The van der Waals surface area contributed by atoms with Crippen molar-refractivity contribution in [2.24, 2.45) is 5.92 Å². The van der Waals surface area contributed by atoms with Crippen LogP contribution < -0.4 is 0 Å². The van der Waals surface area contributed by atoms with Crippen LogP contribution in [0.25, 0.3) is 0 Å². The lowest BCUT2D eigenvalue weighted by Gasteiger charge is -2.03. The van der Waals surface area contributed by atoms with E-state index >= 15 is 0 Å². The molecular formula is C14H21N. The highest BCUT2D eigenvalue weighted by Gasteiger charge is 1.97. The third-order valence-corrected chi connectivity index (χ3v) is 2.37. The highest BCUT2D eigenvalue weighted by Crippen LogP contribution is 2.09. The largest absolute Gasteiger partial charge is 0.261 e. The Balaban J connectivity index is 2.54. The van der Waals surface area contributed by atoms with E-state index in [4.69, 9.17) is 0 Å². The number of rotatable bonds is 4. The molecule has 1 heteroatoms. The van der Waals surface area contributed by atoms with Crippen LogP contribution in [0.2, 0.25) is 0 Å². The van der Waals surface area contributed by atoms with E-state index in [2.05, 4.69) is 50.9 Å². The molecule has 0 aliphatic heterocycles. The predicted molar refractivity (Wildman–Crippen MR) is 65.9 cm³/mol. The SMILES string of the molecule is CC(=CCC(C)C)Cc1ccc(C)cn1. The first-order chi connectivity index (χ1) is 7.08. The number of allylic oxidation sites excluding steroid dienone is 2. The normalized spacial score (nSPS) is 12.2. The van der Waals surface area contributed by atoms with Gasteiger partial charge in [0, 0.05) is 18.3 Å². The Labute approximate surface area is 93.2 Å². The molecule has 0 unspecified atom stereocenters. The molecule has 1 heterocycles. The molecule has 82 valence electrons. The molecule has 1 aromatic heterocycles. The van der Waals surface area contributed by atoms with E-state index in [1.54, 1.807) is 0 Å². The third kappa shape index (κ3) is 4.78. The maximum absolute atomic E-state index is 4.40. The number of aryl methyl sites for hydroxylation is 1. The molecule has 0 bridgehead atoms. The first-order valence-electron chi connectivity index (χ1n) is 5.65. The molecule has 0 aromatic carbocycles. The number of aromatic nitrogens is 1. The van der Waals surface area contributed by atoms with Crippen LogP contribution in [-0.2, 0) is 6.42 Å². The second kappa shape index (κ2) is 5.69. The molecule has 1 aromatic rings. The van der Waals surface area contributed by atoms with Crippen LogP contribution in [0.1, 0.15) is 38.4 Å². The van der Waals surface area contributed by atoms with E-state index in [1.807, 2.05) is 6.20 Å². The van der Waals surface area contributed by atoms with Gasteiger partial charge < -0.3 is 0 Å². The lowest BCUT2D eigenvalue weighted by Crippen LogP contribution is -1.92. The molecule has 0 aliphatic rings. The Morgan fingerprint density at radius 1 is 1.40 bits per heavy atom. The first-order valence-corrected chi connectivity index (χ1v) is 5.65. The summed E-state index contributed by atoms with van der Waals surface area (Å²) in [6.45, 7) is 8.74. The van der Waals surface area contributed by atoms with E-state index < -0.39 is 0 Å². The minimum atomic E-state index is 0.742. The van der Waals surface area contributed by atoms with Crippen LogP contribution in [-0.4, -0.2) is 4.98 Å². The average molecular weight is 203 g/mol. The highest BCUT2D eigenvalue weighted by molar-refractivity contribution is 5.17. The minimum Gasteiger partial charge on any atom is -0.261 e. The summed E-state index contributed by atoms with van der Waals surface area (Å²) in [7, 11) is 0. The van der Waals surface area contributed by atoms with Gasteiger partial charge in [-0.2, -0.15) is 0 Å². The number of nitrogens with zero attached hydrogens (tertiary/aromatic N) is 1. The minimum absolute atomic E-state index is 0.742. The zero-order chi connectivity index (χ0) is 11.3. The van der Waals surface area contributed by atoms with E-state index in [-0.39, 0.29) is 0 Å². The Morgan fingerprint density at radius 3 is 2.67 bits per heavy atom. The van der Waals surface area contributed by atoms with Crippen molar-refractivity contribution >= 4 is 0 Å². The van der Waals surface area contributed by atoms with Crippen molar-refractivity contribution in [1.29, 1.82) is 0 Å². The van der Waals surface area contributed by atoms with Crippen LogP contribution in [0.4, 0.5) is 0 Å². The van der Waals surface area contributed by atoms with Crippen LogP contribution in [0.15, 0.2) is 30.0 Å². The predicted octanol–water partition coefficient (Wildman–Crippen LogP) is 3.92. The molecule has 0 radical (unpaired) electrons. The zero-order valence-corrected chi connectivity index (χ0v) is 10.2.